The van der Waals surface area contributed by atoms with E-state index in [9.17, 15) is 0 Å². The fraction of sp³-hybridized carbons (Fsp3) is 0.364. The Morgan fingerprint density at radius 3 is 2.87 bits per heavy atom. The van der Waals surface area contributed by atoms with Crippen LogP contribution in [0.1, 0.15) is 5.56 Å². The summed E-state index contributed by atoms with van der Waals surface area (Å²) in [7, 11) is 3.87. The summed E-state index contributed by atoms with van der Waals surface area (Å²) in [5, 5.41) is 12.0. The molecular weight excluding hydrogens is 188 g/mol. The van der Waals surface area contributed by atoms with E-state index in [0.717, 1.165) is 18.8 Å². The zero-order valence-corrected chi connectivity index (χ0v) is 9.12. The number of likely N-dealkylation sites (N-methyl/N-ethyl adjacent to an activating group) is 2. The lowest BCUT2D eigenvalue weighted by Gasteiger charge is -2.20. The Kier molecular flexibility index (Phi) is 3.95. The molecule has 0 radical (unpaired) electrons. The molecule has 1 aromatic carbocycles. The van der Waals surface area contributed by atoms with Gasteiger partial charge in [-0.15, -0.1) is 0 Å². The van der Waals surface area contributed by atoms with Crippen LogP contribution in [0.5, 0.6) is 0 Å². The fourth-order valence-corrected chi connectivity index (χ4v) is 1.38. The Morgan fingerprint density at radius 1 is 1.53 bits per heavy atom. The van der Waals surface area contributed by atoms with Gasteiger partial charge < -0.3 is 16.0 Å². The molecule has 80 valence electrons. The van der Waals surface area contributed by atoms with Crippen molar-refractivity contribution >= 4 is 11.4 Å². The number of anilines is 2. The maximum Gasteiger partial charge on any atom is 0.101 e. The van der Waals surface area contributed by atoms with Crippen LogP contribution >= 0.6 is 0 Å². The van der Waals surface area contributed by atoms with Crippen LogP contribution in [0, 0.1) is 11.3 Å². The van der Waals surface area contributed by atoms with Gasteiger partial charge in [0.25, 0.3) is 0 Å². The maximum atomic E-state index is 8.97. The van der Waals surface area contributed by atoms with Crippen molar-refractivity contribution in [1.82, 2.24) is 5.32 Å². The molecule has 15 heavy (non-hydrogen) atoms. The van der Waals surface area contributed by atoms with Crippen LogP contribution in [0.3, 0.4) is 0 Å². The third kappa shape index (κ3) is 2.86. The predicted octanol–water partition coefficient (Wildman–Crippen LogP) is 0.796. The summed E-state index contributed by atoms with van der Waals surface area (Å²) >= 11 is 0. The Morgan fingerprint density at radius 2 is 2.27 bits per heavy atom. The minimum atomic E-state index is 0.619. The summed E-state index contributed by atoms with van der Waals surface area (Å²) in [4.78, 5) is 2.04. The maximum absolute atomic E-state index is 8.97. The number of hydrogen-bond donors (Lipinski definition) is 2. The first kappa shape index (κ1) is 11.3. The van der Waals surface area contributed by atoms with E-state index >= 15 is 0 Å². The minimum absolute atomic E-state index is 0.619. The molecule has 0 aliphatic rings. The first-order valence-corrected chi connectivity index (χ1v) is 4.84. The molecule has 0 amide bonds. The van der Waals surface area contributed by atoms with Gasteiger partial charge in [0.1, 0.15) is 6.07 Å². The van der Waals surface area contributed by atoms with E-state index in [1.165, 1.54) is 0 Å². The van der Waals surface area contributed by atoms with Crippen LogP contribution in [0.4, 0.5) is 11.4 Å². The molecule has 0 aromatic heterocycles. The molecular formula is C11H16N4. The highest BCUT2D eigenvalue weighted by atomic mass is 15.1. The van der Waals surface area contributed by atoms with Crippen LogP contribution < -0.4 is 16.0 Å². The molecule has 0 saturated heterocycles. The summed E-state index contributed by atoms with van der Waals surface area (Å²) in [6.07, 6.45) is 0. The van der Waals surface area contributed by atoms with Gasteiger partial charge in [0.15, 0.2) is 0 Å². The SMILES string of the molecule is CNCCN(C)c1ccc(N)cc1C#N. The summed E-state index contributed by atoms with van der Waals surface area (Å²) in [6, 6.07) is 7.54. The Hall–Kier alpha value is -1.73. The lowest BCUT2D eigenvalue weighted by atomic mass is 10.1. The minimum Gasteiger partial charge on any atom is -0.399 e. The van der Waals surface area contributed by atoms with Gasteiger partial charge in [-0.1, -0.05) is 0 Å². The third-order valence-electron chi connectivity index (χ3n) is 2.25. The second-order valence-corrected chi connectivity index (χ2v) is 3.41. The number of nitrogens with one attached hydrogen (secondary N) is 1. The first-order chi connectivity index (χ1) is 7.19. The van der Waals surface area contributed by atoms with E-state index in [1.807, 2.05) is 31.1 Å². The van der Waals surface area contributed by atoms with Crippen molar-refractivity contribution in [2.75, 3.05) is 37.8 Å². The molecule has 4 nitrogen and oxygen atoms in total. The topological polar surface area (TPSA) is 65.1 Å². The number of nitrogens with zero attached hydrogens (tertiary/aromatic N) is 2. The summed E-state index contributed by atoms with van der Waals surface area (Å²) in [5.74, 6) is 0. The standard InChI is InChI=1S/C11H16N4/c1-14-5-6-15(2)11-4-3-10(13)7-9(11)8-12/h3-4,7,14H,5-6,13H2,1-2H3. The van der Waals surface area contributed by atoms with Gasteiger partial charge in [0.05, 0.1) is 11.3 Å². The first-order valence-electron chi connectivity index (χ1n) is 4.84. The molecule has 0 unspecified atom stereocenters. The lowest BCUT2D eigenvalue weighted by Crippen LogP contribution is -2.27. The second kappa shape index (κ2) is 5.23. The monoisotopic (exact) mass is 204 g/mol. The Balaban J connectivity index is 2.89. The van der Waals surface area contributed by atoms with Crippen molar-refractivity contribution < 1.29 is 0 Å². The molecule has 0 atom stereocenters. The Labute approximate surface area is 90.3 Å². The fourth-order valence-electron chi connectivity index (χ4n) is 1.38. The quantitative estimate of drug-likeness (QED) is 0.712. The molecule has 0 saturated carbocycles. The Bertz CT molecular complexity index is 367. The number of nitriles is 1. The van der Waals surface area contributed by atoms with Crippen molar-refractivity contribution in [2.45, 2.75) is 0 Å². The number of hydrogen-bond acceptors (Lipinski definition) is 4. The van der Waals surface area contributed by atoms with Gasteiger partial charge in [-0.3, -0.25) is 0 Å². The highest BCUT2D eigenvalue weighted by Gasteiger charge is 2.06. The van der Waals surface area contributed by atoms with Crippen molar-refractivity contribution in [3.63, 3.8) is 0 Å². The predicted molar refractivity (Wildman–Crippen MR) is 62.8 cm³/mol. The number of nitrogens with two attached hydrogens (primary N) is 1. The molecule has 0 bridgehead atoms. The van der Waals surface area contributed by atoms with Crippen LogP contribution in [0.2, 0.25) is 0 Å². The molecule has 0 heterocycles. The van der Waals surface area contributed by atoms with Gasteiger partial charge in [-0.05, 0) is 25.2 Å². The van der Waals surface area contributed by atoms with Crippen molar-refractivity contribution in [2.24, 2.45) is 0 Å². The third-order valence-corrected chi connectivity index (χ3v) is 2.25. The van der Waals surface area contributed by atoms with Crippen LogP contribution in [-0.4, -0.2) is 27.2 Å². The number of nitrogen functional groups attached to an aromatic ring is 1. The van der Waals surface area contributed by atoms with Gasteiger partial charge in [0.2, 0.25) is 0 Å². The van der Waals surface area contributed by atoms with Gasteiger partial charge in [0, 0.05) is 25.8 Å². The normalized spacial score (nSPS) is 9.67. The van der Waals surface area contributed by atoms with E-state index in [4.69, 9.17) is 11.0 Å². The van der Waals surface area contributed by atoms with E-state index in [0.29, 0.717) is 11.3 Å². The van der Waals surface area contributed by atoms with E-state index in [-0.39, 0.29) is 0 Å². The molecule has 0 aliphatic heterocycles. The number of rotatable bonds is 4. The largest absolute Gasteiger partial charge is 0.399 e. The zero-order chi connectivity index (χ0) is 11.3. The smallest absolute Gasteiger partial charge is 0.101 e. The zero-order valence-electron chi connectivity index (χ0n) is 9.12. The van der Waals surface area contributed by atoms with E-state index < -0.39 is 0 Å². The average molecular weight is 204 g/mol. The van der Waals surface area contributed by atoms with Crippen LogP contribution in [0.25, 0.3) is 0 Å². The van der Waals surface area contributed by atoms with E-state index in [2.05, 4.69) is 11.4 Å². The second-order valence-electron chi connectivity index (χ2n) is 3.41. The molecule has 0 fully saturated rings. The molecule has 4 heteroatoms. The van der Waals surface area contributed by atoms with Crippen LogP contribution in [0.15, 0.2) is 18.2 Å². The molecule has 3 N–H and O–H groups in total. The number of benzene rings is 1. The molecule has 0 spiro atoms. The highest BCUT2D eigenvalue weighted by Crippen LogP contribution is 2.20. The van der Waals surface area contributed by atoms with Gasteiger partial charge >= 0.3 is 0 Å². The van der Waals surface area contributed by atoms with Gasteiger partial charge in [-0.2, -0.15) is 5.26 Å². The summed E-state index contributed by atoms with van der Waals surface area (Å²) in [6.45, 7) is 1.74. The average Bonchev–Trinajstić information content (AvgIpc) is 2.25. The van der Waals surface area contributed by atoms with Crippen molar-refractivity contribution in [3.05, 3.63) is 23.8 Å². The van der Waals surface area contributed by atoms with Crippen LogP contribution in [-0.2, 0) is 0 Å². The van der Waals surface area contributed by atoms with E-state index in [1.54, 1.807) is 6.07 Å². The van der Waals surface area contributed by atoms with Crippen molar-refractivity contribution in [3.8, 4) is 6.07 Å². The highest BCUT2D eigenvalue weighted by molar-refractivity contribution is 5.64. The van der Waals surface area contributed by atoms with Crippen molar-refractivity contribution in [1.29, 1.82) is 5.26 Å². The summed E-state index contributed by atoms with van der Waals surface area (Å²) in [5.41, 5.74) is 7.78. The van der Waals surface area contributed by atoms with Gasteiger partial charge in [-0.25, -0.2) is 0 Å². The lowest BCUT2D eigenvalue weighted by molar-refractivity contribution is 0.767. The molecule has 1 aromatic rings. The molecule has 0 aliphatic carbocycles. The summed E-state index contributed by atoms with van der Waals surface area (Å²) < 4.78 is 0. The molecule has 1 rings (SSSR count).